The van der Waals surface area contributed by atoms with Crippen LogP contribution < -0.4 is 15.1 Å². The molecule has 0 spiro atoms. The van der Waals surface area contributed by atoms with Crippen LogP contribution in [-0.2, 0) is 0 Å². The minimum absolute atomic E-state index is 0.0426. The Morgan fingerprint density at radius 3 is 2.48 bits per heavy atom. The summed E-state index contributed by atoms with van der Waals surface area (Å²) in [5.74, 6) is 1.49. The van der Waals surface area contributed by atoms with Crippen molar-refractivity contribution in [2.45, 2.75) is 27.2 Å². The van der Waals surface area contributed by atoms with Crippen molar-refractivity contribution in [1.29, 1.82) is 0 Å². The topological polar surface area (TPSA) is 48.5 Å². The minimum Gasteiger partial charge on any atom is -0.368 e. The summed E-state index contributed by atoms with van der Waals surface area (Å²) < 4.78 is 0. The van der Waals surface area contributed by atoms with Crippen molar-refractivity contribution in [3.8, 4) is 0 Å². The summed E-state index contributed by atoms with van der Waals surface area (Å²) in [5, 5.41) is 2.96. The van der Waals surface area contributed by atoms with Gasteiger partial charge in [-0.3, -0.25) is 4.79 Å². The predicted molar refractivity (Wildman–Crippen MR) is 112 cm³/mol. The maximum atomic E-state index is 12.2. The number of hydrogen-bond acceptors (Lipinski definition) is 4. The second kappa shape index (κ2) is 8.89. The van der Waals surface area contributed by atoms with E-state index >= 15 is 0 Å². The smallest absolute Gasteiger partial charge is 0.252 e. The molecule has 5 heteroatoms. The van der Waals surface area contributed by atoms with Gasteiger partial charge in [-0.25, -0.2) is 4.98 Å². The summed E-state index contributed by atoms with van der Waals surface area (Å²) in [5.41, 5.74) is 3.20. The molecule has 2 aromatic rings. The first-order chi connectivity index (χ1) is 13.0. The van der Waals surface area contributed by atoms with Gasteiger partial charge in [0.15, 0.2) is 0 Å². The van der Waals surface area contributed by atoms with Gasteiger partial charge in [0, 0.05) is 44.6 Å². The fraction of sp³-hybridized carbons (Fsp3) is 0.455. The largest absolute Gasteiger partial charge is 0.368 e. The number of rotatable bonds is 6. The molecule has 0 unspecified atom stereocenters. The van der Waals surface area contributed by atoms with Gasteiger partial charge in [0.1, 0.15) is 5.82 Å². The van der Waals surface area contributed by atoms with Crippen molar-refractivity contribution in [1.82, 2.24) is 10.3 Å². The van der Waals surface area contributed by atoms with Crippen LogP contribution in [-0.4, -0.2) is 43.6 Å². The van der Waals surface area contributed by atoms with E-state index in [1.807, 2.05) is 12.1 Å². The Morgan fingerprint density at radius 1 is 1.11 bits per heavy atom. The van der Waals surface area contributed by atoms with Gasteiger partial charge < -0.3 is 15.1 Å². The van der Waals surface area contributed by atoms with Gasteiger partial charge in [-0.1, -0.05) is 26.0 Å². The number of pyridine rings is 1. The normalized spacial score (nSPS) is 14.5. The van der Waals surface area contributed by atoms with E-state index in [0.29, 0.717) is 18.0 Å². The van der Waals surface area contributed by atoms with Crippen LogP contribution in [0.25, 0.3) is 0 Å². The zero-order valence-electron chi connectivity index (χ0n) is 16.6. The fourth-order valence-electron chi connectivity index (χ4n) is 3.30. The average molecular weight is 367 g/mol. The summed E-state index contributed by atoms with van der Waals surface area (Å²) >= 11 is 0. The monoisotopic (exact) mass is 366 g/mol. The van der Waals surface area contributed by atoms with Crippen LogP contribution in [0.5, 0.6) is 0 Å². The number of nitrogens with one attached hydrogen (secondary N) is 1. The molecule has 27 heavy (non-hydrogen) atoms. The van der Waals surface area contributed by atoms with E-state index in [0.717, 1.165) is 38.4 Å². The molecule has 0 radical (unpaired) electrons. The van der Waals surface area contributed by atoms with E-state index in [-0.39, 0.29) is 5.91 Å². The van der Waals surface area contributed by atoms with E-state index in [2.05, 4.69) is 65.1 Å². The van der Waals surface area contributed by atoms with E-state index in [1.54, 1.807) is 6.20 Å². The zero-order valence-corrected chi connectivity index (χ0v) is 16.6. The highest BCUT2D eigenvalue weighted by atomic mass is 16.1. The summed E-state index contributed by atoms with van der Waals surface area (Å²) in [7, 11) is 0. The van der Waals surface area contributed by atoms with Gasteiger partial charge in [-0.15, -0.1) is 0 Å². The summed E-state index contributed by atoms with van der Waals surface area (Å²) in [4.78, 5) is 21.4. The number of nitrogens with zero attached hydrogens (tertiary/aromatic N) is 3. The van der Waals surface area contributed by atoms with Gasteiger partial charge in [-0.05, 0) is 49.1 Å². The lowest BCUT2D eigenvalue weighted by Crippen LogP contribution is -2.46. The SMILES string of the molecule is Cc1cccc(N2CCN(c3ccc(C(=O)NCCC(C)C)cn3)CC2)c1. The Morgan fingerprint density at radius 2 is 1.85 bits per heavy atom. The molecule has 1 aliphatic heterocycles. The maximum absolute atomic E-state index is 12.2. The molecule has 0 saturated carbocycles. The van der Waals surface area contributed by atoms with Gasteiger partial charge in [-0.2, -0.15) is 0 Å². The third-order valence-electron chi connectivity index (χ3n) is 4.99. The first-order valence-corrected chi connectivity index (χ1v) is 9.84. The number of aryl methyl sites for hydroxylation is 1. The van der Waals surface area contributed by atoms with Crippen LogP contribution in [0.2, 0.25) is 0 Å². The van der Waals surface area contributed by atoms with Crippen molar-refractivity contribution < 1.29 is 4.79 Å². The van der Waals surface area contributed by atoms with Crippen molar-refractivity contribution in [3.05, 3.63) is 53.7 Å². The molecule has 144 valence electrons. The predicted octanol–water partition coefficient (Wildman–Crippen LogP) is 3.49. The van der Waals surface area contributed by atoms with E-state index in [9.17, 15) is 4.79 Å². The Kier molecular flexibility index (Phi) is 6.32. The molecule has 1 aromatic carbocycles. The van der Waals surface area contributed by atoms with Crippen LogP contribution in [0.3, 0.4) is 0 Å². The van der Waals surface area contributed by atoms with Crippen LogP contribution in [0.4, 0.5) is 11.5 Å². The zero-order chi connectivity index (χ0) is 19.2. The molecular formula is C22H30N4O. The van der Waals surface area contributed by atoms with Gasteiger partial charge in [0.25, 0.3) is 5.91 Å². The Labute approximate surface area is 162 Å². The number of hydrogen-bond donors (Lipinski definition) is 1. The summed E-state index contributed by atoms with van der Waals surface area (Å²) in [6.45, 7) is 11.0. The van der Waals surface area contributed by atoms with Crippen LogP contribution in [0, 0.1) is 12.8 Å². The van der Waals surface area contributed by atoms with Crippen molar-refractivity contribution >= 4 is 17.4 Å². The highest BCUT2D eigenvalue weighted by Gasteiger charge is 2.18. The summed E-state index contributed by atoms with van der Waals surface area (Å²) in [6, 6.07) is 12.5. The van der Waals surface area contributed by atoms with E-state index in [4.69, 9.17) is 0 Å². The number of benzene rings is 1. The van der Waals surface area contributed by atoms with E-state index in [1.165, 1.54) is 11.3 Å². The van der Waals surface area contributed by atoms with Gasteiger partial charge in [0.05, 0.1) is 5.56 Å². The third kappa shape index (κ3) is 5.22. The van der Waals surface area contributed by atoms with Gasteiger partial charge >= 0.3 is 0 Å². The molecule has 1 amide bonds. The van der Waals surface area contributed by atoms with Crippen LogP contribution >= 0.6 is 0 Å². The molecule has 0 aliphatic carbocycles. The number of amides is 1. The lowest BCUT2D eigenvalue weighted by atomic mass is 10.1. The van der Waals surface area contributed by atoms with E-state index < -0.39 is 0 Å². The number of carbonyl (C=O) groups excluding carboxylic acids is 1. The van der Waals surface area contributed by atoms with Crippen molar-refractivity contribution in [3.63, 3.8) is 0 Å². The third-order valence-corrected chi connectivity index (χ3v) is 4.99. The molecule has 0 bridgehead atoms. The first-order valence-electron chi connectivity index (χ1n) is 9.84. The lowest BCUT2D eigenvalue weighted by molar-refractivity contribution is 0.0951. The molecule has 1 saturated heterocycles. The number of anilines is 2. The van der Waals surface area contributed by atoms with Gasteiger partial charge in [0.2, 0.25) is 0 Å². The Hall–Kier alpha value is -2.56. The Bertz CT molecular complexity index is 749. The average Bonchev–Trinajstić information content (AvgIpc) is 2.68. The molecule has 1 fully saturated rings. The van der Waals surface area contributed by atoms with Crippen molar-refractivity contribution in [2.75, 3.05) is 42.5 Å². The first kappa shape index (κ1) is 19.2. The molecule has 1 N–H and O–H groups in total. The maximum Gasteiger partial charge on any atom is 0.252 e. The molecule has 1 aliphatic rings. The molecular weight excluding hydrogens is 336 g/mol. The highest BCUT2D eigenvalue weighted by molar-refractivity contribution is 5.94. The van der Waals surface area contributed by atoms with Crippen LogP contribution in [0.1, 0.15) is 36.2 Å². The lowest BCUT2D eigenvalue weighted by Gasteiger charge is -2.36. The summed E-state index contributed by atoms with van der Waals surface area (Å²) in [6.07, 6.45) is 2.68. The number of aromatic nitrogens is 1. The van der Waals surface area contributed by atoms with Crippen LogP contribution in [0.15, 0.2) is 42.6 Å². The Balaban J connectivity index is 1.53. The standard InChI is InChI=1S/C22H30N4O/c1-17(2)9-10-23-22(27)19-7-8-21(24-16-19)26-13-11-25(12-14-26)20-6-4-5-18(3)15-20/h4-8,15-17H,9-14H2,1-3H3,(H,23,27). The molecule has 5 nitrogen and oxygen atoms in total. The number of piperazine rings is 1. The second-order valence-electron chi connectivity index (χ2n) is 7.66. The quantitative estimate of drug-likeness (QED) is 0.850. The molecule has 2 heterocycles. The molecule has 0 atom stereocenters. The van der Waals surface area contributed by atoms with Crippen molar-refractivity contribution in [2.24, 2.45) is 5.92 Å². The number of carbonyl (C=O) groups is 1. The molecule has 3 rings (SSSR count). The minimum atomic E-state index is -0.0426. The fourth-order valence-corrected chi connectivity index (χ4v) is 3.30. The molecule has 1 aromatic heterocycles. The highest BCUT2D eigenvalue weighted by Crippen LogP contribution is 2.20. The second-order valence-corrected chi connectivity index (χ2v) is 7.66.